The fraction of sp³-hybridized carbons (Fsp3) is 0.0800. The summed E-state index contributed by atoms with van der Waals surface area (Å²) >= 11 is 2.96. The number of halogens is 1. The third-order valence-electron chi connectivity index (χ3n) is 4.66. The Bertz CT molecular complexity index is 1230. The van der Waals surface area contributed by atoms with E-state index in [4.69, 9.17) is 9.47 Å². The van der Waals surface area contributed by atoms with Gasteiger partial charge in [-0.15, -0.1) is 0 Å². The van der Waals surface area contributed by atoms with E-state index in [1.165, 1.54) is 4.90 Å². The van der Waals surface area contributed by atoms with Crippen molar-refractivity contribution < 1.29 is 23.9 Å². The zero-order valence-corrected chi connectivity index (χ0v) is 20.2. The lowest BCUT2D eigenvalue weighted by molar-refractivity contribution is -0.123. The second-order valence-corrected chi connectivity index (χ2v) is 9.09. The van der Waals surface area contributed by atoms with Gasteiger partial charge in [-0.25, -0.2) is 4.79 Å². The van der Waals surface area contributed by atoms with E-state index in [2.05, 4.69) is 22.6 Å². The maximum absolute atomic E-state index is 12.7. The van der Waals surface area contributed by atoms with Crippen LogP contribution in [0.2, 0.25) is 0 Å². The lowest BCUT2D eigenvalue weighted by Crippen LogP contribution is -2.32. The van der Waals surface area contributed by atoms with Gasteiger partial charge in [0.05, 0.1) is 17.0 Å². The normalized spacial score (nSPS) is 14.6. The smallest absolute Gasteiger partial charge is 0.344 e. The summed E-state index contributed by atoms with van der Waals surface area (Å²) in [6, 6.07) is 23.2. The Kier molecular flexibility index (Phi) is 7.46. The Morgan fingerprint density at radius 2 is 1.67 bits per heavy atom. The number of rotatable bonds is 7. The summed E-state index contributed by atoms with van der Waals surface area (Å²) in [5.74, 6) is 0.194. The van der Waals surface area contributed by atoms with Crippen LogP contribution in [0, 0.1) is 3.57 Å². The van der Waals surface area contributed by atoms with Crippen molar-refractivity contribution in [2.24, 2.45) is 0 Å². The first-order valence-corrected chi connectivity index (χ1v) is 11.9. The van der Waals surface area contributed by atoms with Crippen LogP contribution in [0.1, 0.15) is 15.9 Å². The van der Waals surface area contributed by atoms with Gasteiger partial charge >= 0.3 is 5.97 Å². The number of imide groups is 1. The molecule has 0 radical (unpaired) electrons. The van der Waals surface area contributed by atoms with Crippen molar-refractivity contribution in [1.82, 2.24) is 4.90 Å². The van der Waals surface area contributed by atoms with E-state index in [1.54, 1.807) is 42.5 Å². The summed E-state index contributed by atoms with van der Waals surface area (Å²) < 4.78 is 11.9. The molecule has 1 heterocycles. The minimum atomic E-state index is -0.462. The number of thioether (sulfide) groups is 1. The quantitative estimate of drug-likeness (QED) is 0.159. The van der Waals surface area contributed by atoms with Crippen molar-refractivity contribution in [1.29, 1.82) is 0 Å². The van der Waals surface area contributed by atoms with Gasteiger partial charge in [0, 0.05) is 3.57 Å². The van der Waals surface area contributed by atoms with E-state index < -0.39 is 5.97 Å². The van der Waals surface area contributed by atoms with Crippen LogP contribution in [-0.4, -0.2) is 35.2 Å². The summed E-state index contributed by atoms with van der Waals surface area (Å²) in [6.07, 6.45) is 1.62. The highest BCUT2D eigenvalue weighted by Gasteiger charge is 2.34. The number of carbonyl (C=O) groups is 3. The minimum absolute atomic E-state index is 0.157. The van der Waals surface area contributed by atoms with Gasteiger partial charge in [-0.1, -0.05) is 42.5 Å². The number of hydrogen-bond acceptors (Lipinski definition) is 6. The third-order valence-corrected chi connectivity index (χ3v) is 6.51. The summed E-state index contributed by atoms with van der Waals surface area (Å²) in [6.45, 7) is 0.364. The second kappa shape index (κ2) is 10.7. The lowest BCUT2D eigenvalue weighted by Gasteiger charge is -2.13. The van der Waals surface area contributed by atoms with Gasteiger partial charge in [0.1, 0.15) is 18.1 Å². The summed E-state index contributed by atoms with van der Waals surface area (Å²) in [7, 11) is 0. The Balaban J connectivity index is 1.41. The zero-order valence-electron chi connectivity index (χ0n) is 17.3. The molecule has 0 bridgehead atoms. The van der Waals surface area contributed by atoms with Crippen LogP contribution < -0.4 is 9.47 Å². The molecule has 0 spiro atoms. The van der Waals surface area contributed by atoms with Crippen LogP contribution in [0.25, 0.3) is 6.08 Å². The maximum Gasteiger partial charge on any atom is 0.344 e. The SMILES string of the molecule is O=C(Oc1cccc(/C=C2\SC(=O)N(CCOc3ccccc3)C2=O)c1)c1ccccc1I. The molecule has 3 aromatic rings. The van der Waals surface area contributed by atoms with Gasteiger partial charge in [0.2, 0.25) is 0 Å². The number of amides is 2. The number of esters is 1. The molecule has 4 rings (SSSR count). The molecule has 1 fully saturated rings. The fourth-order valence-corrected chi connectivity index (χ4v) is 4.54. The molecule has 6 nitrogen and oxygen atoms in total. The Morgan fingerprint density at radius 1 is 0.939 bits per heavy atom. The van der Waals surface area contributed by atoms with E-state index in [9.17, 15) is 14.4 Å². The molecule has 8 heteroatoms. The Hall–Kier alpha value is -3.11. The van der Waals surface area contributed by atoms with E-state index in [1.807, 2.05) is 42.5 Å². The van der Waals surface area contributed by atoms with Crippen molar-refractivity contribution in [2.45, 2.75) is 0 Å². The molecule has 2 amide bonds. The van der Waals surface area contributed by atoms with E-state index in [0.717, 1.165) is 15.3 Å². The molecule has 0 saturated carbocycles. The van der Waals surface area contributed by atoms with Crippen LogP contribution in [0.5, 0.6) is 11.5 Å². The van der Waals surface area contributed by atoms with Crippen LogP contribution in [0.3, 0.4) is 0 Å². The first-order valence-electron chi connectivity index (χ1n) is 10.0. The highest BCUT2D eigenvalue weighted by molar-refractivity contribution is 14.1. The number of ether oxygens (including phenoxy) is 2. The van der Waals surface area contributed by atoms with E-state index in [0.29, 0.717) is 27.5 Å². The van der Waals surface area contributed by atoms with Crippen molar-refractivity contribution in [3.8, 4) is 11.5 Å². The van der Waals surface area contributed by atoms with Crippen molar-refractivity contribution >= 4 is 57.5 Å². The van der Waals surface area contributed by atoms with Crippen LogP contribution in [-0.2, 0) is 4.79 Å². The molecule has 0 N–H and O–H groups in total. The summed E-state index contributed by atoms with van der Waals surface area (Å²) in [5.41, 5.74) is 1.12. The molecular formula is C25H18INO5S. The molecule has 0 aromatic heterocycles. The predicted molar refractivity (Wildman–Crippen MR) is 135 cm³/mol. The second-order valence-electron chi connectivity index (χ2n) is 6.94. The van der Waals surface area contributed by atoms with Crippen molar-refractivity contribution in [2.75, 3.05) is 13.2 Å². The molecule has 33 heavy (non-hydrogen) atoms. The highest BCUT2D eigenvalue weighted by Crippen LogP contribution is 2.32. The Morgan fingerprint density at radius 3 is 2.45 bits per heavy atom. The lowest BCUT2D eigenvalue weighted by atomic mass is 10.2. The average Bonchev–Trinajstić information content (AvgIpc) is 3.07. The molecule has 3 aromatic carbocycles. The van der Waals surface area contributed by atoms with Gasteiger partial charge in [-0.3, -0.25) is 14.5 Å². The highest BCUT2D eigenvalue weighted by atomic mass is 127. The molecule has 1 aliphatic heterocycles. The van der Waals surface area contributed by atoms with Crippen LogP contribution in [0.15, 0.2) is 83.8 Å². The molecule has 166 valence electrons. The fourth-order valence-electron chi connectivity index (χ4n) is 3.07. The molecular weight excluding hydrogens is 553 g/mol. The topological polar surface area (TPSA) is 72.9 Å². The van der Waals surface area contributed by atoms with E-state index >= 15 is 0 Å². The van der Waals surface area contributed by atoms with Crippen LogP contribution in [0.4, 0.5) is 4.79 Å². The Labute approximate surface area is 208 Å². The number of hydrogen-bond donors (Lipinski definition) is 0. The zero-order chi connectivity index (χ0) is 23.2. The molecule has 0 aliphatic carbocycles. The summed E-state index contributed by atoms with van der Waals surface area (Å²) in [4.78, 5) is 39.0. The number of carbonyl (C=O) groups excluding carboxylic acids is 3. The first-order chi connectivity index (χ1) is 16.0. The van der Waals surface area contributed by atoms with Gasteiger partial charge < -0.3 is 9.47 Å². The van der Waals surface area contributed by atoms with Crippen molar-refractivity contribution in [3.63, 3.8) is 0 Å². The number of benzene rings is 3. The molecule has 0 atom stereocenters. The van der Waals surface area contributed by atoms with Gasteiger partial charge in [0.25, 0.3) is 11.1 Å². The van der Waals surface area contributed by atoms with E-state index in [-0.39, 0.29) is 24.3 Å². The standard InChI is InChI=1S/C25H18INO5S/c26-21-12-5-4-11-20(21)24(29)32-19-10-6-7-17(15-19)16-22-23(28)27(25(30)33-22)13-14-31-18-8-2-1-3-9-18/h1-12,15-16H,13-14H2/b22-16-. The van der Waals surface area contributed by atoms with Gasteiger partial charge in [0.15, 0.2) is 0 Å². The van der Waals surface area contributed by atoms with Gasteiger partial charge in [-0.2, -0.15) is 0 Å². The van der Waals surface area contributed by atoms with Gasteiger partial charge in [-0.05, 0) is 82.4 Å². The first kappa shape index (κ1) is 23.1. The molecule has 1 saturated heterocycles. The average molecular weight is 571 g/mol. The third kappa shape index (κ3) is 5.82. The molecule has 0 unspecified atom stereocenters. The summed E-state index contributed by atoms with van der Waals surface area (Å²) in [5, 5.41) is -0.343. The number of para-hydroxylation sites is 1. The maximum atomic E-state index is 12.7. The largest absolute Gasteiger partial charge is 0.492 e. The monoisotopic (exact) mass is 571 g/mol. The predicted octanol–water partition coefficient (Wildman–Crippen LogP) is 5.63. The minimum Gasteiger partial charge on any atom is -0.492 e. The van der Waals surface area contributed by atoms with Crippen LogP contribution >= 0.6 is 34.4 Å². The number of nitrogens with zero attached hydrogens (tertiary/aromatic N) is 1. The molecule has 1 aliphatic rings. The van der Waals surface area contributed by atoms with Crippen molar-refractivity contribution in [3.05, 3.63) is 98.5 Å².